The highest BCUT2D eigenvalue weighted by Crippen LogP contribution is 2.08. The van der Waals surface area contributed by atoms with Crippen LogP contribution in [0, 0.1) is 5.82 Å². The first-order valence-corrected chi connectivity index (χ1v) is 3.88. The Hall–Kier alpha value is -1.25. The Morgan fingerprint density at radius 1 is 1.67 bits per heavy atom. The van der Waals surface area contributed by atoms with Crippen LogP contribution in [-0.4, -0.2) is 10.8 Å². The van der Waals surface area contributed by atoms with E-state index in [1.807, 2.05) is 6.92 Å². The maximum atomic E-state index is 12.9. The molecule has 0 atom stereocenters. The monoisotopic (exact) mass is 167 g/mol. The summed E-state index contributed by atoms with van der Waals surface area (Å²) in [4.78, 5) is 14.8. The van der Waals surface area contributed by atoms with Crippen molar-refractivity contribution in [2.24, 2.45) is 0 Å². The second-order valence-corrected chi connectivity index (χ2v) is 2.53. The van der Waals surface area contributed by atoms with Gasteiger partial charge in [-0.05, 0) is 12.5 Å². The van der Waals surface area contributed by atoms with Gasteiger partial charge in [0, 0.05) is 12.6 Å². The zero-order valence-corrected chi connectivity index (χ0v) is 6.88. The van der Waals surface area contributed by atoms with Crippen LogP contribution in [0.4, 0.5) is 4.39 Å². The molecule has 0 aromatic carbocycles. The molecular weight excluding hydrogens is 157 g/mol. The van der Waals surface area contributed by atoms with E-state index in [9.17, 15) is 9.18 Å². The summed E-state index contributed by atoms with van der Waals surface area (Å²) in [5, 5.41) is 0. The number of hydrogen-bond donors (Lipinski definition) is 0. The number of rotatable bonds is 3. The third kappa shape index (κ3) is 1.87. The SMILES string of the molecule is CCCC(=O)c1ccncc1F. The van der Waals surface area contributed by atoms with Gasteiger partial charge in [0.2, 0.25) is 0 Å². The molecular formula is C9H10FNO. The van der Waals surface area contributed by atoms with Crippen LogP contribution < -0.4 is 0 Å². The Bertz CT molecular complexity index is 286. The summed E-state index contributed by atoms with van der Waals surface area (Å²) in [6.07, 6.45) is 3.61. The molecule has 0 unspecified atom stereocenters. The molecule has 0 aliphatic rings. The van der Waals surface area contributed by atoms with E-state index in [2.05, 4.69) is 4.98 Å². The molecule has 1 aromatic rings. The summed E-state index contributed by atoms with van der Waals surface area (Å²) in [5.41, 5.74) is 0.145. The Labute approximate surface area is 70.4 Å². The highest BCUT2D eigenvalue weighted by Gasteiger charge is 2.09. The molecule has 0 bridgehead atoms. The molecule has 0 amide bonds. The smallest absolute Gasteiger partial charge is 0.165 e. The molecule has 3 heteroatoms. The number of carbonyl (C=O) groups excluding carboxylic acids is 1. The molecule has 2 nitrogen and oxygen atoms in total. The molecule has 0 aliphatic carbocycles. The molecule has 0 spiro atoms. The lowest BCUT2D eigenvalue weighted by Crippen LogP contribution is -2.01. The van der Waals surface area contributed by atoms with Crippen LogP contribution in [0.25, 0.3) is 0 Å². The van der Waals surface area contributed by atoms with Crippen LogP contribution >= 0.6 is 0 Å². The van der Waals surface area contributed by atoms with E-state index >= 15 is 0 Å². The van der Waals surface area contributed by atoms with Gasteiger partial charge >= 0.3 is 0 Å². The second kappa shape index (κ2) is 3.95. The van der Waals surface area contributed by atoms with Gasteiger partial charge in [0.25, 0.3) is 0 Å². The normalized spacial score (nSPS) is 9.83. The maximum absolute atomic E-state index is 12.9. The quantitative estimate of drug-likeness (QED) is 0.646. The molecule has 12 heavy (non-hydrogen) atoms. The average Bonchev–Trinajstić information content (AvgIpc) is 2.05. The van der Waals surface area contributed by atoms with Gasteiger partial charge in [-0.3, -0.25) is 9.78 Å². The first-order valence-electron chi connectivity index (χ1n) is 3.88. The minimum atomic E-state index is -0.532. The zero-order valence-electron chi connectivity index (χ0n) is 6.88. The molecule has 0 fully saturated rings. The van der Waals surface area contributed by atoms with Gasteiger partial charge in [-0.25, -0.2) is 4.39 Å². The van der Waals surface area contributed by atoms with Crippen LogP contribution in [0.2, 0.25) is 0 Å². The molecule has 0 aliphatic heterocycles. The third-order valence-electron chi connectivity index (χ3n) is 1.55. The summed E-state index contributed by atoms with van der Waals surface area (Å²) in [6.45, 7) is 1.89. The van der Waals surface area contributed by atoms with Gasteiger partial charge in [0.1, 0.15) is 0 Å². The van der Waals surface area contributed by atoms with Gasteiger partial charge in [0.15, 0.2) is 11.6 Å². The minimum Gasteiger partial charge on any atom is -0.294 e. The Kier molecular flexibility index (Phi) is 2.91. The molecule has 1 rings (SSSR count). The summed E-state index contributed by atoms with van der Waals surface area (Å²) in [6, 6.07) is 1.41. The number of halogens is 1. The minimum absolute atomic E-state index is 0.145. The van der Waals surface area contributed by atoms with Gasteiger partial charge in [0.05, 0.1) is 11.8 Å². The largest absolute Gasteiger partial charge is 0.294 e. The second-order valence-electron chi connectivity index (χ2n) is 2.53. The number of ketones is 1. The summed E-state index contributed by atoms with van der Waals surface area (Å²) in [5.74, 6) is -0.687. The van der Waals surface area contributed by atoms with Crippen molar-refractivity contribution in [1.82, 2.24) is 4.98 Å². The summed E-state index contributed by atoms with van der Waals surface area (Å²) in [7, 11) is 0. The van der Waals surface area contributed by atoms with E-state index < -0.39 is 5.82 Å². The highest BCUT2D eigenvalue weighted by molar-refractivity contribution is 5.96. The number of hydrogen-bond acceptors (Lipinski definition) is 2. The topological polar surface area (TPSA) is 30.0 Å². The van der Waals surface area contributed by atoms with Crippen molar-refractivity contribution in [2.45, 2.75) is 19.8 Å². The molecule has 0 saturated heterocycles. The number of nitrogens with zero attached hydrogens (tertiary/aromatic N) is 1. The first-order chi connectivity index (χ1) is 5.75. The lowest BCUT2D eigenvalue weighted by atomic mass is 10.1. The van der Waals surface area contributed by atoms with E-state index in [1.165, 1.54) is 12.3 Å². The zero-order chi connectivity index (χ0) is 8.97. The van der Waals surface area contributed by atoms with Gasteiger partial charge in [-0.15, -0.1) is 0 Å². The predicted octanol–water partition coefficient (Wildman–Crippen LogP) is 2.20. The van der Waals surface area contributed by atoms with Crippen molar-refractivity contribution in [1.29, 1.82) is 0 Å². The van der Waals surface area contributed by atoms with Gasteiger partial charge in [-0.1, -0.05) is 6.92 Å². The number of Topliss-reactive ketones (excluding diaryl/α,β-unsaturated/α-hetero) is 1. The van der Waals surface area contributed by atoms with Crippen molar-refractivity contribution in [3.8, 4) is 0 Å². The molecule has 0 N–H and O–H groups in total. The van der Waals surface area contributed by atoms with Crippen molar-refractivity contribution in [3.05, 3.63) is 29.8 Å². The van der Waals surface area contributed by atoms with Gasteiger partial charge < -0.3 is 0 Å². The van der Waals surface area contributed by atoms with Crippen LogP contribution in [0.3, 0.4) is 0 Å². The Balaban J connectivity index is 2.87. The fourth-order valence-electron chi connectivity index (χ4n) is 0.963. The van der Waals surface area contributed by atoms with Crippen molar-refractivity contribution >= 4 is 5.78 Å². The Morgan fingerprint density at radius 2 is 2.42 bits per heavy atom. The lowest BCUT2D eigenvalue weighted by Gasteiger charge is -1.98. The molecule has 1 heterocycles. The predicted molar refractivity (Wildman–Crippen MR) is 43.4 cm³/mol. The molecule has 0 saturated carbocycles. The van der Waals surface area contributed by atoms with Crippen LogP contribution in [0.5, 0.6) is 0 Å². The van der Waals surface area contributed by atoms with E-state index in [0.29, 0.717) is 6.42 Å². The van der Waals surface area contributed by atoms with Crippen molar-refractivity contribution in [3.63, 3.8) is 0 Å². The van der Waals surface area contributed by atoms with Crippen molar-refractivity contribution < 1.29 is 9.18 Å². The summed E-state index contributed by atoms with van der Waals surface area (Å²) >= 11 is 0. The van der Waals surface area contributed by atoms with Crippen LogP contribution in [0.15, 0.2) is 18.5 Å². The van der Waals surface area contributed by atoms with E-state index in [-0.39, 0.29) is 11.3 Å². The molecule has 64 valence electrons. The molecule has 0 radical (unpaired) electrons. The average molecular weight is 167 g/mol. The highest BCUT2D eigenvalue weighted by atomic mass is 19.1. The standard InChI is InChI=1S/C9H10FNO/c1-2-3-9(12)7-4-5-11-6-8(7)10/h4-6H,2-3H2,1H3. The van der Waals surface area contributed by atoms with Gasteiger partial charge in [-0.2, -0.15) is 0 Å². The van der Waals surface area contributed by atoms with Crippen molar-refractivity contribution in [2.75, 3.05) is 0 Å². The van der Waals surface area contributed by atoms with E-state index in [4.69, 9.17) is 0 Å². The van der Waals surface area contributed by atoms with Crippen LogP contribution in [-0.2, 0) is 0 Å². The number of carbonyl (C=O) groups is 1. The lowest BCUT2D eigenvalue weighted by molar-refractivity contribution is 0.0977. The van der Waals surface area contributed by atoms with Crippen LogP contribution in [0.1, 0.15) is 30.1 Å². The fourth-order valence-corrected chi connectivity index (χ4v) is 0.963. The Morgan fingerprint density at radius 3 is 3.00 bits per heavy atom. The number of pyridine rings is 1. The fraction of sp³-hybridized carbons (Fsp3) is 0.333. The maximum Gasteiger partial charge on any atom is 0.165 e. The molecule has 1 aromatic heterocycles. The summed E-state index contributed by atoms with van der Waals surface area (Å²) < 4.78 is 12.9. The van der Waals surface area contributed by atoms with E-state index in [1.54, 1.807) is 0 Å². The van der Waals surface area contributed by atoms with E-state index in [0.717, 1.165) is 12.6 Å². The number of aromatic nitrogens is 1. The first kappa shape index (κ1) is 8.84. The third-order valence-corrected chi connectivity index (χ3v) is 1.55.